The van der Waals surface area contributed by atoms with E-state index in [0.29, 0.717) is 0 Å². The van der Waals surface area contributed by atoms with Crippen LogP contribution in [0.2, 0.25) is 0 Å². The molecule has 29 heavy (non-hydrogen) atoms. The molecule has 7 heteroatoms. The molecule has 1 aliphatic carbocycles. The first kappa shape index (κ1) is 20.9. The fraction of sp³-hybridized carbons (Fsp3) is 0.364. The van der Waals surface area contributed by atoms with Crippen LogP contribution in [0.25, 0.3) is 0 Å². The van der Waals surface area contributed by atoms with Crippen molar-refractivity contribution in [1.29, 1.82) is 0 Å². The molecule has 1 saturated heterocycles. The quantitative estimate of drug-likeness (QED) is 0.774. The maximum Gasteiger partial charge on any atom is 0.417 e. The number of carbonyl (C=O) groups excluding carboxylic acids is 2. The molecule has 1 heterocycles. The van der Waals surface area contributed by atoms with Gasteiger partial charge in [-0.2, -0.15) is 0 Å². The van der Waals surface area contributed by atoms with Gasteiger partial charge in [0.25, 0.3) is 0 Å². The van der Waals surface area contributed by atoms with Crippen LogP contribution in [0.4, 0.5) is 13.6 Å². The van der Waals surface area contributed by atoms with Crippen molar-refractivity contribution in [3.8, 4) is 0 Å². The number of rotatable bonds is 6. The zero-order chi connectivity index (χ0) is 21.2. The number of cyclic esters (lactones) is 1. The van der Waals surface area contributed by atoms with Gasteiger partial charge < -0.3 is 9.84 Å². The van der Waals surface area contributed by atoms with Crippen molar-refractivity contribution >= 4 is 12.0 Å². The number of benzene rings is 1. The molecule has 1 aliphatic heterocycles. The second-order valence-corrected chi connectivity index (χ2v) is 7.49. The molecule has 0 saturated carbocycles. The van der Waals surface area contributed by atoms with Crippen LogP contribution in [0.5, 0.6) is 0 Å². The predicted octanol–water partition coefficient (Wildman–Crippen LogP) is 4.17. The molecule has 3 atom stereocenters. The average Bonchev–Trinajstić information content (AvgIpc) is 3.06. The van der Waals surface area contributed by atoms with Crippen LogP contribution in [0, 0.1) is 5.92 Å². The van der Waals surface area contributed by atoms with Gasteiger partial charge >= 0.3 is 6.09 Å². The highest BCUT2D eigenvalue weighted by Gasteiger charge is 2.41. The van der Waals surface area contributed by atoms with Crippen molar-refractivity contribution in [3.63, 3.8) is 0 Å². The molecule has 1 N–H and O–H groups in total. The molecule has 5 nitrogen and oxygen atoms in total. The van der Waals surface area contributed by atoms with E-state index in [1.807, 2.05) is 6.07 Å². The summed E-state index contributed by atoms with van der Waals surface area (Å²) in [4.78, 5) is 26.2. The molecule has 154 valence electrons. The number of halogens is 2. The van der Waals surface area contributed by atoms with E-state index >= 15 is 0 Å². The van der Waals surface area contributed by atoms with E-state index in [1.54, 1.807) is 24.3 Å². The molecule has 2 amide bonds. The highest BCUT2D eigenvalue weighted by Crippen LogP contribution is 2.36. The first-order chi connectivity index (χ1) is 13.7. The van der Waals surface area contributed by atoms with Gasteiger partial charge in [-0.15, -0.1) is 0 Å². The Balaban J connectivity index is 1.76. The molecule has 1 fully saturated rings. The number of aliphatic hydroxyl groups excluding tert-OH is 1. The first-order valence-electron chi connectivity index (χ1n) is 9.35. The number of ether oxygens (including phenoxy) is 1. The summed E-state index contributed by atoms with van der Waals surface area (Å²) >= 11 is 0. The number of imide groups is 1. The van der Waals surface area contributed by atoms with Crippen LogP contribution in [-0.4, -0.2) is 40.9 Å². The zero-order valence-corrected chi connectivity index (χ0v) is 16.1. The zero-order valence-electron chi connectivity index (χ0n) is 16.1. The summed E-state index contributed by atoms with van der Waals surface area (Å²) in [5.74, 6) is -2.38. The summed E-state index contributed by atoms with van der Waals surface area (Å²) < 4.78 is 33.2. The summed E-state index contributed by atoms with van der Waals surface area (Å²) in [7, 11) is 0. The van der Waals surface area contributed by atoms with Crippen LogP contribution < -0.4 is 0 Å². The highest BCUT2D eigenvalue weighted by molar-refractivity contribution is 5.95. The lowest BCUT2D eigenvalue weighted by atomic mass is 9.87. The summed E-state index contributed by atoms with van der Waals surface area (Å²) in [6.07, 6.45) is 1.40. The number of alkyl halides is 1. The maximum atomic E-state index is 14.3. The molecule has 0 aromatic heterocycles. The third-order valence-electron chi connectivity index (χ3n) is 5.13. The third-order valence-corrected chi connectivity index (χ3v) is 5.13. The lowest BCUT2D eigenvalue weighted by molar-refractivity contribution is -0.134. The van der Waals surface area contributed by atoms with Crippen LogP contribution >= 0.6 is 0 Å². The molecule has 1 aromatic rings. The molecule has 0 spiro atoms. The topological polar surface area (TPSA) is 66.8 Å². The van der Waals surface area contributed by atoms with Crippen molar-refractivity contribution in [1.82, 2.24) is 4.90 Å². The monoisotopic (exact) mass is 403 g/mol. The van der Waals surface area contributed by atoms with Crippen LogP contribution in [0.15, 0.2) is 66.0 Å². The molecule has 0 bridgehead atoms. The van der Waals surface area contributed by atoms with Gasteiger partial charge in [0, 0.05) is 12.0 Å². The van der Waals surface area contributed by atoms with Crippen molar-refractivity contribution < 1.29 is 28.2 Å². The second-order valence-electron chi connectivity index (χ2n) is 7.49. The van der Waals surface area contributed by atoms with Crippen molar-refractivity contribution in [2.24, 2.45) is 5.92 Å². The third kappa shape index (κ3) is 4.45. The van der Waals surface area contributed by atoms with Gasteiger partial charge in [-0.05, 0) is 30.6 Å². The maximum absolute atomic E-state index is 14.3. The Morgan fingerprint density at radius 1 is 1.41 bits per heavy atom. The smallest absolute Gasteiger partial charge is 0.417 e. The molecule has 2 aliphatic rings. The number of hydrogen-bond donors (Lipinski definition) is 1. The number of allylic oxidation sites excluding steroid dienone is 5. The van der Waals surface area contributed by atoms with E-state index in [9.17, 15) is 23.5 Å². The standard InChI is InChI=1S/C22H23F2NO4/c1-14(17-8-9-22(2,24)11-18(17)23)10-16(12-26)20(27)25-19(13-29-21(25)28)15-6-4-3-5-7-15/h3-8,11,16,19,26H,1,9-10,12-13H2,2H3/t16-,19-,22?/m0/s1. The lowest BCUT2D eigenvalue weighted by Gasteiger charge is -2.26. The summed E-state index contributed by atoms with van der Waals surface area (Å²) in [6.45, 7) is 4.54. The molecule has 3 rings (SSSR count). The molecule has 1 aromatic carbocycles. The normalized spacial score (nSPS) is 25.2. The minimum Gasteiger partial charge on any atom is -0.446 e. The van der Waals surface area contributed by atoms with Gasteiger partial charge in [-0.3, -0.25) is 4.79 Å². The minimum atomic E-state index is -1.78. The summed E-state index contributed by atoms with van der Waals surface area (Å²) in [5.41, 5.74) is -0.670. The van der Waals surface area contributed by atoms with E-state index in [2.05, 4.69) is 6.58 Å². The van der Waals surface area contributed by atoms with Crippen LogP contribution in [0.1, 0.15) is 31.4 Å². The predicted molar refractivity (Wildman–Crippen MR) is 103 cm³/mol. The fourth-order valence-corrected chi connectivity index (χ4v) is 3.53. The Morgan fingerprint density at radius 2 is 2.10 bits per heavy atom. The minimum absolute atomic E-state index is 0.0129. The van der Waals surface area contributed by atoms with E-state index in [4.69, 9.17) is 4.74 Å². The number of carbonyl (C=O) groups is 2. The first-order valence-corrected chi connectivity index (χ1v) is 9.35. The van der Waals surface area contributed by atoms with Gasteiger partial charge in [0.15, 0.2) is 0 Å². The number of nitrogens with zero attached hydrogens (tertiary/aromatic N) is 1. The average molecular weight is 403 g/mol. The Morgan fingerprint density at radius 3 is 2.72 bits per heavy atom. The molecular weight excluding hydrogens is 380 g/mol. The van der Waals surface area contributed by atoms with Crippen molar-refractivity contribution in [2.75, 3.05) is 13.2 Å². The number of amides is 2. The van der Waals surface area contributed by atoms with E-state index in [0.717, 1.165) is 16.5 Å². The highest BCUT2D eigenvalue weighted by atomic mass is 19.1. The van der Waals surface area contributed by atoms with Gasteiger partial charge in [0.05, 0.1) is 12.5 Å². The lowest BCUT2D eigenvalue weighted by Crippen LogP contribution is -2.40. The van der Waals surface area contributed by atoms with Gasteiger partial charge in [-0.25, -0.2) is 18.5 Å². The fourth-order valence-electron chi connectivity index (χ4n) is 3.53. The Bertz CT molecular complexity index is 876. The van der Waals surface area contributed by atoms with E-state index in [-0.39, 0.29) is 30.6 Å². The van der Waals surface area contributed by atoms with E-state index < -0.39 is 42.1 Å². The molecular formula is C22H23F2NO4. The Kier molecular flexibility index (Phi) is 5.98. The van der Waals surface area contributed by atoms with Crippen LogP contribution in [0.3, 0.4) is 0 Å². The summed E-state index contributed by atoms with van der Waals surface area (Å²) in [6, 6.07) is 8.35. The molecule has 0 radical (unpaired) electrons. The number of hydrogen-bond acceptors (Lipinski definition) is 4. The molecule has 1 unspecified atom stereocenters. The van der Waals surface area contributed by atoms with Crippen molar-refractivity contribution in [2.45, 2.75) is 31.5 Å². The SMILES string of the molecule is C=C(C[C@@H](CO)C(=O)N1C(=O)OC[C@H]1c1ccccc1)C1=CCC(C)(F)C=C1F. The van der Waals surface area contributed by atoms with Crippen LogP contribution in [-0.2, 0) is 9.53 Å². The van der Waals surface area contributed by atoms with Gasteiger partial charge in [-0.1, -0.05) is 43.0 Å². The second kappa shape index (κ2) is 8.29. The summed E-state index contributed by atoms with van der Waals surface area (Å²) in [5, 5.41) is 9.77. The number of aliphatic hydroxyl groups is 1. The largest absolute Gasteiger partial charge is 0.446 e. The Hall–Kier alpha value is -2.80. The van der Waals surface area contributed by atoms with Crippen molar-refractivity contribution in [3.05, 3.63) is 71.6 Å². The van der Waals surface area contributed by atoms with E-state index in [1.165, 1.54) is 13.0 Å². The van der Waals surface area contributed by atoms with Gasteiger partial charge in [0.1, 0.15) is 24.1 Å². The Labute approximate surface area is 168 Å². The van der Waals surface area contributed by atoms with Gasteiger partial charge in [0.2, 0.25) is 5.91 Å².